The highest BCUT2D eigenvalue weighted by Crippen LogP contribution is 2.30. The van der Waals surface area contributed by atoms with E-state index in [1.54, 1.807) is 36.4 Å². The molecular formula is C20H16FN3O4. The van der Waals surface area contributed by atoms with Gasteiger partial charge < -0.3 is 10.1 Å². The number of hydrogen-bond donors (Lipinski definition) is 1. The Morgan fingerprint density at radius 2 is 1.93 bits per heavy atom. The number of nitro groups is 1. The van der Waals surface area contributed by atoms with Crippen LogP contribution >= 0.6 is 0 Å². The average Bonchev–Trinajstić information content (AvgIpc) is 2.71. The molecule has 1 aromatic heterocycles. The summed E-state index contributed by atoms with van der Waals surface area (Å²) in [6, 6.07) is 15.5. The van der Waals surface area contributed by atoms with E-state index in [0.29, 0.717) is 11.3 Å². The normalized spacial score (nSPS) is 10.3. The summed E-state index contributed by atoms with van der Waals surface area (Å²) in [7, 11) is 0. The monoisotopic (exact) mass is 381 g/mol. The van der Waals surface area contributed by atoms with Crippen LogP contribution in [0.15, 0.2) is 66.9 Å². The van der Waals surface area contributed by atoms with Crippen molar-refractivity contribution in [3.8, 4) is 17.0 Å². The van der Waals surface area contributed by atoms with Crippen LogP contribution < -0.4 is 10.1 Å². The fourth-order valence-corrected chi connectivity index (χ4v) is 2.61. The number of aromatic nitrogens is 1. The first-order valence-corrected chi connectivity index (χ1v) is 8.41. The molecule has 8 heteroatoms. The molecule has 0 radical (unpaired) electrons. The minimum absolute atomic E-state index is 0.0830. The average molecular weight is 381 g/mol. The third kappa shape index (κ3) is 4.47. The van der Waals surface area contributed by atoms with E-state index in [1.807, 2.05) is 0 Å². The van der Waals surface area contributed by atoms with Crippen molar-refractivity contribution in [2.24, 2.45) is 0 Å². The van der Waals surface area contributed by atoms with E-state index in [9.17, 15) is 19.3 Å². The Kier molecular flexibility index (Phi) is 5.91. The van der Waals surface area contributed by atoms with Crippen LogP contribution in [0.5, 0.6) is 5.75 Å². The lowest BCUT2D eigenvalue weighted by Gasteiger charge is -2.09. The van der Waals surface area contributed by atoms with Crippen LogP contribution in [-0.4, -0.2) is 29.0 Å². The predicted molar refractivity (Wildman–Crippen MR) is 101 cm³/mol. The van der Waals surface area contributed by atoms with Gasteiger partial charge in [0.25, 0.3) is 5.91 Å². The maximum Gasteiger partial charge on any atom is 0.308 e. The molecule has 0 bridgehead atoms. The first kappa shape index (κ1) is 19.0. The number of ether oxygens (including phenoxy) is 1. The zero-order valence-corrected chi connectivity index (χ0v) is 14.7. The van der Waals surface area contributed by atoms with Gasteiger partial charge in [-0.3, -0.25) is 14.9 Å². The quantitative estimate of drug-likeness (QED) is 0.383. The second-order valence-corrected chi connectivity index (χ2v) is 5.74. The van der Waals surface area contributed by atoms with E-state index in [1.165, 1.54) is 30.5 Å². The van der Waals surface area contributed by atoms with Gasteiger partial charge in [0.05, 0.1) is 11.5 Å². The molecule has 1 N–H and O–H groups in total. The van der Waals surface area contributed by atoms with Crippen molar-refractivity contribution in [1.29, 1.82) is 0 Å². The number of pyridine rings is 1. The highest BCUT2D eigenvalue weighted by atomic mass is 19.1. The van der Waals surface area contributed by atoms with Crippen LogP contribution in [0, 0.1) is 15.9 Å². The Morgan fingerprint density at radius 3 is 2.64 bits per heavy atom. The topological polar surface area (TPSA) is 94.4 Å². The zero-order valence-electron chi connectivity index (χ0n) is 14.7. The van der Waals surface area contributed by atoms with Gasteiger partial charge in [-0.1, -0.05) is 36.4 Å². The van der Waals surface area contributed by atoms with Crippen molar-refractivity contribution in [3.05, 3.63) is 88.4 Å². The van der Waals surface area contributed by atoms with Crippen LogP contribution in [0.2, 0.25) is 0 Å². The van der Waals surface area contributed by atoms with Gasteiger partial charge in [-0.25, -0.2) is 9.37 Å². The first-order chi connectivity index (χ1) is 13.6. The summed E-state index contributed by atoms with van der Waals surface area (Å²) >= 11 is 0. The largest absolute Gasteiger partial charge is 0.492 e. The Hall–Kier alpha value is -3.81. The van der Waals surface area contributed by atoms with Gasteiger partial charge in [0.1, 0.15) is 29.4 Å². The molecule has 0 unspecified atom stereocenters. The van der Waals surface area contributed by atoms with Gasteiger partial charge in [0, 0.05) is 17.8 Å². The standard InChI is InChI=1S/C20H16FN3O4/c21-15-7-4-8-16(13-15)28-12-11-23-20(25)17-9-10-22-18(19(17)24(26)27)14-5-2-1-3-6-14/h1-10,13H,11-12H2,(H,23,25). The lowest BCUT2D eigenvalue weighted by atomic mass is 10.1. The first-order valence-electron chi connectivity index (χ1n) is 8.41. The van der Waals surface area contributed by atoms with Crippen LogP contribution in [0.1, 0.15) is 10.4 Å². The molecule has 2 aromatic carbocycles. The number of rotatable bonds is 7. The maximum absolute atomic E-state index is 13.1. The molecule has 0 spiro atoms. The van der Waals surface area contributed by atoms with E-state index in [4.69, 9.17) is 4.74 Å². The van der Waals surface area contributed by atoms with Crippen molar-refractivity contribution in [2.75, 3.05) is 13.2 Å². The van der Waals surface area contributed by atoms with E-state index in [2.05, 4.69) is 10.3 Å². The maximum atomic E-state index is 13.1. The Morgan fingerprint density at radius 1 is 1.14 bits per heavy atom. The molecule has 142 valence electrons. The fraction of sp³-hybridized carbons (Fsp3) is 0.100. The molecule has 0 aliphatic rings. The molecule has 3 rings (SSSR count). The third-order valence-corrected chi connectivity index (χ3v) is 3.85. The third-order valence-electron chi connectivity index (χ3n) is 3.85. The van der Waals surface area contributed by atoms with Crippen molar-refractivity contribution in [1.82, 2.24) is 10.3 Å². The lowest BCUT2D eigenvalue weighted by Crippen LogP contribution is -2.28. The molecule has 0 saturated heterocycles. The molecule has 1 heterocycles. The highest BCUT2D eigenvalue weighted by molar-refractivity contribution is 6.00. The van der Waals surface area contributed by atoms with E-state index in [-0.39, 0.29) is 30.1 Å². The van der Waals surface area contributed by atoms with Gasteiger partial charge >= 0.3 is 5.69 Å². The second kappa shape index (κ2) is 8.72. The summed E-state index contributed by atoms with van der Waals surface area (Å²) in [6.07, 6.45) is 1.35. The van der Waals surface area contributed by atoms with Crippen molar-refractivity contribution in [3.63, 3.8) is 0 Å². The number of halogens is 1. The molecule has 0 saturated carbocycles. The van der Waals surface area contributed by atoms with E-state index in [0.717, 1.165) is 0 Å². The van der Waals surface area contributed by atoms with Crippen molar-refractivity contribution in [2.45, 2.75) is 0 Å². The number of carbonyl (C=O) groups is 1. The minimum atomic E-state index is -0.618. The molecule has 0 aliphatic heterocycles. The fourth-order valence-electron chi connectivity index (χ4n) is 2.61. The molecule has 1 amide bonds. The SMILES string of the molecule is O=C(NCCOc1cccc(F)c1)c1ccnc(-c2ccccc2)c1[N+](=O)[O-]. The van der Waals surface area contributed by atoms with Gasteiger partial charge in [0.2, 0.25) is 0 Å². The molecular weight excluding hydrogens is 365 g/mol. The van der Waals surface area contributed by atoms with Gasteiger partial charge in [-0.2, -0.15) is 0 Å². The molecule has 0 fully saturated rings. The summed E-state index contributed by atoms with van der Waals surface area (Å²) in [5.41, 5.74) is 0.203. The number of hydrogen-bond acceptors (Lipinski definition) is 5. The number of carbonyl (C=O) groups excluding carboxylic acids is 1. The smallest absolute Gasteiger partial charge is 0.308 e. The molecule has 3 aromatic rings. The van der Waals surface area contributed by atoms with Crippen LogP contribution in [0.3, 0.4) is 0 Å². The summed E-state index contributed by atoms with van der Waals surface area (Å²) in [4.78, 5) is 27.5. The van der Waals surface area contributed by atoms with Crippen LogP contribution in [0.4, 0.5) is 10.1 Å². The Labute approximate surface area is 160 Å². The summed E-state index contributed by atoms with van der Waals surface area (Å²) in [5.74, 6) is -0.716. The summed E-state index contributed by atoms with van der Waals surface area (Å²) in [5, 5.41) is 14.2. The summed E-state index contributed by atoms with van der Waals surface area (Å²) in [6.45, 7) is 0.176. The van der Waals surface area contributed by atoms with Crippen molar-refractivity contribution >= 4 is 11.6 Å². The van der Waals surface area contributed by atoms with Gasteiger partial charge in [-0.15, -0.1) is 0 Å². The van der Waals surface area contributed by atoms with Gasteiger partial charge in [0.15, 0.2) is 0 Å². The minimum Gasteiger partial charge on any atom is -0.492 e. The number of benzene rings is 2. The lowest BCUT2D eigenvalue weighted by molar-refractivity contribution is -0.384. The van der Waals surface area contributed by atoms with E-state index >= 15 is 0 Å². The predicted octanol–water partition coefficient (Wildman–Crippen LogP) is 3.60. The molecule has 28 heavy (non-hydrogen) atoms. The number of nitrogens with one attached hydrogen (secondary N) is 1. The molecule has 0 aliphatic carbocycles. The molecule has 7 nitrogen and oxygen atoms in total. The van der Waals surface area contributed by atoms with Gasteiger partial charge in [-0.05, 0) is 18.2 Å². The van der Waals surface area contributed by atoms with Crippen LogP contribution in [-0.2, 0) is 0 Å². The van der Waals surface area contributed by atoms with E-state index < -0.39 is 16.6 Å². The number of nitrogens with zero attached hydrogens (tertiary/aromatic N) is 2. The van der Waals surface area contributed by atoms with Crippen molar-refractivity contribution < 1.29 is 18.8 Å². The number of amides is 1. The highest BCUT2D eigenvalue weighted by Gasteiger charge is 2.26. The Balaban J connectivity index is 1.72. The van der Waals surface area contributed by atoms with Crippen LogP contribution in [0.25, 0.3) is 11.3 Å². The summed E-state index contributed by atoms with van der Waals surface area (Å²) < 4.78 is 18.4. The second-order valence-electron chi connectivity index (χ2n) is 5.74. The Bertz CT molecular complexity index is 996. The molecule has 0 atom stereocenters. The zero-order chi connectivity index (χ0) is 19.9.